The molecule has 0 saturated carbocycles. The van der Waals surface area contributed by atoms with E-state index >= 15 is 0 Å². The van der Waals surface area contributed by atoms with Gasteiger partial charge in [0.25, 0.3) is 0 Å². The van der Waals surface area contributed by atoms with E-state index in [4.69, 9.17) is 9.63 Å². The van der Waals surface area contributed by atoms with Crippen molar-refractivity contribution >= 4 is 5.97 Å². The summed E-state index contributed by atoms with van der Waals surface area (Å²) in [6, 6.07) is 7.92. The predicted molar refractivity (Wildman–Crippen MR) is 67.7 cm³/mol. The molecule has 2 aromatic rings. The molecule has 94 valence electrons. The van der Waals surface area contributed by atoms with Gasteiger partial charge in [-0.15, -0.1) is 0 Å². The molecular weight excluding hydrogens is 230 g/mol. The number of aromatic carboxylic acids is 1. The number of rotatable bonds is 3. The van der Waals surface area contributed by atoms with Crippen LogP contribution in [0, 0.1) is 6.92 Å². The van der Waals surface area contributed by atoms with Gasteiger partial charge in [0.2, 0.25) is 5.76 Å². The molecule has 1 N–H and O–H groups in total. The van der Waals surface area contributed by atoms with Gasteiger partial charge in [-0.05, 0) is 18.4 Å². The van der Waals surface area contributed by atoms with Crippen LogP contribution in [0.4, 0.5) is 0 Å². The monoisotopic (exact) mass is 245 g/mol. The molecule has 1 heterocycles. The van der Waals surface area contributed by atoms with Gasteiger partial charge >= 0.3 is 5.97 Å². The predicted octanol–water partition coefficient (Wildman–Crippen LogP) is 3.47. The highest BCUT2D eigenvalue weighted by Gasteiger charge is 2.18. The van der Waals surface area contributed by atoms with Crippen LogP contribution >= 0.6 is 0 Å². The van der Waals surface area contributed by atoms with Crippen LogP contribution in [0.2, 0.25) is 0 Å². The van der Waals surface area contributed by atoms with Crippen LogP contribution < -0.4 is 0 Å². The standard InChI is InChI=1S/C14H15NO3/c1-8(2)10-4-6-11(7-5-10)12-9(3)13(14(16)17)18-15-12/h4-8H,1-3H3,(H,16,17). The lowest BCUT2D eigenvalue weighted by atomic mass is 9.99. The third kappa shape index (κ3) is 2.14. The Morgan fingerprint density at radius 2 is 1.89 bits per heavy atom. The number of nitrogens with zero attached hydrogens (tertiary/aromatic N) is 1. The molecular formula is C14H15NO3. The largest absolute Gasteiger partial charge is 0.475 e. The maximum absolute atomic E-state index is 10.9. The van der Waals surface area contributed by atoms with E-state index in [0.29, 0.717) is 17.2 Å². The van der Waals surface area contributed by atoms with Gasteiger partial charge in [-0.3, -0.25) is 0 Å². The third-order valence-electron chi connectivity index (χ3n) is 2.97. The van der Waals surface area contributed by atoms with E-state index in [1.807, 2.05) is 24.3 Å². The molecule has 2 rings (SSSR count). The summed E-state index contributed by atoms with van der Waals surface area (Å²) in [5, 5.41) is 12.7. The molecule has 0 saturated heterocycles. The molecule has 0 aliphatic carbocycles. The molecule has 0 bridgehead atoms. The van der Waals surface area contributed by atoms with Gasteiger partial charge in [0.05, 0.1) is 0 Å². The van der Waals surface area contributed by atoms with Crippen molar-refractivity contribution in [2.75, 3.05) is 0 Å². The van der Waals surface area contributed by atoms with E-state index < -0.39 is 5.97 Å². The van der Waals surface area contributed by atoms with E-state index in [2.05, 4.69) is 19.0 Å². The molecule has 0 radical (unpaired) electrons. The van der Waals surface area contributed by atoms with Crippen LogP contribution in [0.1, 0.15) is 41.4 Å². The van der Waals surface area contributed by atoms with Gasteiger partial charge in [-0.25, -0.2) is 4.79 Å². The average Bonchev–Trinajstić information content (AvgIpc) is 2.71. The first kappa shape index (κ1) is 12.4. The lowest BCUT2D eigenvalue weighted by Crippen LogP contribution is -1.96. The minimum atomic E-state index is -1.09. The molecule has 4 heteroatoms. The molecule has 0 aliphatic heterocycles. The Hall–Kier alpha value is -2.10. The Kier molecular flexibility index (Phi) is 3.19. The van der Waals surface area contributed by atoms with Crippen molar-refractivity contribution < 1.29 is 14.4 Å². The lowest BCUT2D eigenvalue weighted by Gasteiger charge is -2.05. The lowest BCUT2D eigenvalue weighted by molar-refractivity contribution is 0.0651. The van der Waals surface area contributed by atoms with Crippen molar-refractivity contribution in [2.45, 2.75) is 26.7 Å². The van der Waals surface area contributed by atoms with Crippen LogP contribution in [0.25, 0.3) is 11.3 Å². The van der Waals surface area contributed by atoms with Crippen molar-refractivity contribution in [3.05, 3.63) is 41.2 Å². The topological polar surface area (TPSA) is 63.3 Å². The molecule has 0 spiro atoms. The second kappa shape index (κ2) is 4.64. The van der Waals surface area contributed by atoms with E-state index in [1.165, 1.54) is 5.56 Å². The van der Waals surface area contributed by atoms with E-state index in [1.54, 1.807) is 6.92 Å². The Morgan fingerprint density at radius 1 is 1.28 bits per heavy atom. The molecule has 0 unspecified atom stereocenters. The number of carbonyl (C=O) groups is 1. The highest BCUT2D eigenvalue weighted by Crippen LogP contribution is 2.26. The maximum Gasteiger partial charge on any atom is 0.375 e. The summed E-state index contributed by atoms with van der Waals surface area (Å²) in [5.74, 6) is -0.727. The van der Waals surface area contributed by atoms with Gasteiger partial charge in [0.1, 0.15) is 5.69 Å². The Balaban J connectivity index is 2.40. The normalized spacial score (nSPS) is 10.9. The fourth-order valence-electron chi connectivity index (χ4n) is 1.83. The zero-order chi connectivity index (χ0) is 13.3. The summed E-state index contributed by atoms with van der Waals surface area (Å²) in [4.78, 5) is 10.9. The number of carboxylic acids is 1. The smallest absolute Gasteiger partial charge is 0.375 e. The average molecular weight is 245 g/mol. The van der Waals surface area contributed by atoms with Gasteiger partial charge in [0, 0.05) is 11.1 Å². The number of carboxylic acid groups (broad SMARTS) is 1. The van der Waals surface area contributed by atoms with Crippen LogP contribution in [0.3, 0.4) is 0 Å². The highest BCUT2D eigenvalue weighted by atomic mass is 16.5. The third-order valence-corrected chi connectivity index (χ3v) is 2.97. The molecule has 0 fully saturated rings. The van der Waals surface area contributed by atoms with Crippen LogP contribution in [-0.2, 0) is 0 Å². The first-order valence-corrected chi connectivity index (χ1v) is 5.80. The fraction of sp³-hybridized carbons (Fsp3) is 0.286. The van der Waals surface area contributed by atoms with Gasteiger partial charge in [-0.2, -0.15) is 0 Å². The van der Waals surface area contributed by atoms with E-state index in [-0.39, 0.29) is 5.76 Å². The van der Waals surface area contributed by atoms with Crippen molar-refractivity contribution in [1.82, 2.24) is 5.16 Å². The summed E-state index contributed by atoms with van der Waals surface area (Å²) in [6.07, 6.45) is 0. The van der Waals surface area contributed by atoms with Gasteiger partial charge in [-0.1, -0.05) is 43.3 Å². The summed E-state index contributed by atoms with van der Waals surface area (Å²) in [7, 11) is 0. The first-order valence-electron chi connectivity index (χ1n) is 5.80. The number of hydrogen-bond acceptors (Lipinski definition) is 3. The summed E-state index contributed by atoms with van der Waals surface area (Å²) >= 11 is 0. The number of hydrogen-bond donors (Lipinski definition) is 1. The summed E-state index contributed by atoms with van der Waals surface area (Å²) in [6.45, 7) is 5.95. The second-order valence-electron chi connectivity index (χ2n) is 4.57. The maximum atomic E-state index is 10.9. The van der Waals surface area contributed by atoms with E-state index in [9.17, 15) is 4.79 Å². The molecule has 1 aromatic carbocycles. The van der Waals surface area contributed by atoms with Crippen molar-refractivity contribution in [3.8, 4) is 11.3 Å². The Morgan fingerprint density at radius 3 is 2.33 bits per heavy atom. The minimum Gasteiger partial charge on any atom is -0.475 e. The second-order valence-corrected chi connectivity index (χ2v) is 4.57. The van der Waals surface area contributed by atoms with E-state index in [0.717, 1.165) is 5.56 Å². The Bertz CT molecular complexity index is 567. The summed E-state index contributed by atoms with van der Waals surface area (Å²) < 4.78 is 4.84. The van der Waals surface area contributed by atoms with Gasteiger partial charge in [0.15, 0.2) is 0 Å². The fourth-order valence-corrected chi connectivity index (χ4v) is 1.83. The zero-order valence-electron chi connectivity index (χ0n) is 10.6. The molecule has 4 nitrogen and oxygen atoms in total. The quantitative estimate of drug-likeness (QED) is 0.899. The van der Waals surface area contributed by atoms with Crippen LogP contribution in [0.15, 0.2) is 28.8 Å². The molecule has 0 aliphatic rings. The van der Waals surface area contributed by atoms with Gasteiger partial charge < -0.3 is 9.63 Å². The SMILES string of the molecule is Cc1c(-c2ccc(C(C)C)cc2)noc1C(=O)O. The van der Waals surface area contributed by atoms with Crippen molar-refractivity contribution in [1.29, 1.82) is 0 Å². The highest BCUT2D eigenvalue weighted by molar-refractivity contribution is 5.88. The van der Waals surface area contributed by atoms with Crippen molar-refractivity contribution in [2.24, 2.45) is 0 Å². The molecule has 1 aromatic heterocycles. The first-order chi connectivity index (χ1) is 8.50. The van der Waals surface area contributed by atoms with Crippen LogP contribution in [0.5, 0.6) is 0 Å². The van der Waals surface area contributed by atoms with Crippen LogP contribution in [-0.4, -0.2) is 16.2 Å². The molecule has 0 amide bonds. The molecule has 0 atom stereocenters. The zero-order valence-corrected chi connectivity index (χ0v) is 10.6. The van der Waals surface area contributed by atoms with Crippen molar-refractivity contribution in [3.63, 3.8) is 0 Å². The number of aromatic nitrogens is 1. The molecule has 18 heavy (non-hydrogen) atoms. The minimum absolute atomic E-state index is 0.0991. The Labute approximate surface area is 105 Å². The summed E-state index contributed by atoms with van der Waals surface area (Å²) in [5.41, 5.74) is 3.24. The number of benzene rings is 1.